The third-order valence-corrected chi connectivity index (χ3v) is 3.63. The van der Waals surface area contributed by atoms with Crippen LogP contribution in [0, 0.1) is 0 Å². The van der Waals surface area contributed by atoms with E-state index in [2.05, 4.69) is 9.88 Å². The van der Waals surface area contributed by atoms with Crippen molar-refractivity contribution in [3.05, 3.63) is 22.3 Å². The number of piperidine rings is 1. The van der Waals surface area contributed by atoms with Crippen LogP contribution in [-0.2, 0) is 0 Å². The number of aromatic nitrogens is 1. The molecule has 0 saturated carbocycles. The first-order chi connectivity index (χ1) is 8.22. The summed E-state index contributed by atoms with van der Waals surface area (Å²) in [6, 6.07) is 2.05. The highest BCUT2D eigenvalue weighted by atomic mass is 35.5. The van der Waals surface area contributed by atoms with Crippen molar-refractivity contribution in [2.75, 3.05) is 18.1 Å². The minimum absolute atomic E-state index is 0.201. The lowest BCUT2D eigenvalue weighted by atomic mass is 9.99. The first-order valence-electron chi connectivity index (χ1n) is 5.91. The molecule has 0 bridgehead atoms. The maximum Gasteiger partial charge on any atom is 0.147 e. The van der Waals surface area contributed by atoms with Crippen molar-refractivity contribution in [1.29, 1.82) is 0 Å². The van der Waals surface area contributed by atoms with Gasteiger partial charge in [-0.05, 0) is 31.7 Å². The smallest absolute Gasteiger partial charge is 0.147 e. The van der Waals surface area contributed by atoms with E-state index in [9.17, 15) is 0 Å². The number of rotatable bonds is 3. The van der Waals surface area contributed by atoms with E-state index in [0.717, 1.165) is 31.6 Å². The van der Waals surface area contributed by atoms with E-state index >= 15 is 0 Å². The molecule has 0 aliphatic carbocycles. The maximum absolute atomic E-state index is 9.10. The summed E-state index contributed by atoms with van der Waals surface area (Å²) in [5.41, 5.74) is 0. The molecule has 17 heavy (non-hydrogen) atoms. The molecule has 3 nitrogen and oxygen atoms in total. The van der Waals surface area contributed by atoms with Crippen molar-refractivity contribution in [2.45, 2.75) is 31.7 Å². The van der Waals surface area contributed by atoms with Crippen LogP contribution in [0.1, 0.15) is 25.7 Å². The second-order valence-corrected chi connectivity index (χ2v) is 5.16. The minimum Gasteiger partial charge on any atom is -0.396 e. The molecule has 1 aromatic heterocycles. The highest BCUT2D eigenvalue weighted by Crippen LogP contribution is 2.31. The fraction of sp³-hybridized carbons (Fsp3) is 0.583. The number of hydrogen-bond donors (Lipinski definition) is 1. The van der Waals surface area contributed by atoms with Gasteiger partial charge in [0.05, 0.1) is 10.0 Å². The zero-order valence-electron chi connectivity index (χ0n) is 9.57. The van der Waals surface area contributed by atoms with E-state index in [-0.39, 0.29) is 6.61 Å². The molecule has 0 aromatic carbocycles. The summed E-state index contributed by atoms with van der Waals surface area (Å²) >= 11 is 12.0. The Bertz CT molecular complexity index is 385. The molecular formula is C12H16Cl2N2O. The highest BCUT2D eigenvalue weighted by Gasteiger charge is 2.24. The van der Waals surface area contributed by atoms with Crippen LogP contribution in [0.4, 0.5) is 5.82 Å². The van der Waals surface area contributed by atoms with E-state index in [1.807, 2.05) is 0 Å². The van der Waals surface area contributed by atoms with Crippen molar-refractivity contribution in [1.82, 2.24) is 4.98 Å². The van der Waals surface area contributed by atoms with E-state index in [4.69, 9.17) is 28.3 Å². The minimum atomic E-state index is 0.201. The molecule has 1 aromatic rings. The lowest BCUT2D eigenvalue weighted by Gasteiger charge is -2.36. The predicted molar refractivity (Wildman–Crippen MR) is 70.9 cm³/mol. The second kappa shape index (κ2) is 5.89. The fourth-order valence-corrected chi connectivity index (χ4v) is 2.84. The van der Waals surface area contributed by atoms with Gasteiger partial charge in [0.25, 0.3) is 0 Å². The molecule has 2 rings (SSSR count). The van der Waals surface area contributed by atoms with Crippen molar-refractivity contribution >= 4 is 29.0 Å². The Kier molecular flexibility index (Phi) is 4.48. The summed E-state index contributed by atoms with van der Waals surface area (Å²) in [4.78, 5) is 6.51. The number of hydrogen-bond acceptors (Lipinski definition) is 3. The molecule has 0 spiro atoms. The van der Waals surface area contributed by atoms with Crippen LogP contribution in [0.25, 0.3) is 0 Å². The first kappa shape index (κ1) is 12.9. The molecule has 5 heteroatoms. The summed E-state index contributed by atoms with van der Waals surface area (Å²) < 4.78 is 0. The van der Waals surface area contributed by atoms with Gasteiger partial charge in [-0.2, -0.15) is 0 Å². The fourth-order valence-electron chi connectivity index (χ4n) is 2.35. The zero-order valence-corrected chi connectivity index (χ0v) is 11.1. The van der Waals surface area contributed by atoms with Crippen molar-refractivity contribution in [2.24, 2.45) is 0 Å². The number of anilines is 1. The van der Waals surface area contributed by atoms with Gasteiger partial charge >= 0.3 is 0 Å². The normalized spacial score (nSPS) is 20.6. The van der Waals surface area contributed by atoms with Gasteiger partial charge in [-0.15, -0.1) is 0 Å². The molecule has 1 aliphatic heterocycles. The quantitative estimate of drug-likeness (QED) is 0.920. The monoisotopic (exact) mass is 274 g/mol. The molecule has 0 amide bonds. The van der Waals surface area contributed by atoms with Gasteiger partial charge in [0.15, 0.2) is 0 Å². The summed E-state index contributed by atoms with van der Waals surface area (Å²) in [7, 11) is 0. The largest absolute Gasteiger partial charge is 0.396 e. The Morgan fingerprint density at radius 2 is 2.24 bits per heavy atom. The Hall–Kier alpha value is -0.510. The van der Waals surface area contributed by atoms with Crippen LogP contribution >= 0.6 is 23.2 Å². The number of pyridine rings is 1. The zero-order chi connectivity index (χ0) is 12.3. The number of aliphatic hydroxyl groups is 1. The standard InChI is InChI=1S/C12H16Cl2N2O/c13-9-7-11(14)12(15-8-9)16-5-2-1-3-10(16)4-6-17/h7-8,10,17H,1-6H2. The van der Waals surface area contributed by atoms with Crippen molar-refractivity contribution in [3.8, 4) is 0 Å². The average molecular weight is 275 g/mol. The summed E-state index contributed by atoms with van der Waals surface area (Å²) in [6.07, 6.45) is 5.81. The van der Waals surface area contributed by atoms with Gasteiger partial charge in [-0.25, -0.2) is 4.98 Å². The van der Waals surface area contributed by atoms with E-state index in [1.165, 1.54) is 6.42 Å². The molecule has 1 aliphatic rings. The molecule has 1 N–H and O–H groups in total. The Morgan fingerprint density at radius 3 is 2.94 bits per heavy atom. The third kappa shape index (κ3) is 3.03. The summed E-state index contributed by atoms with van der Waals surface area (Å²) in [6.45, 7) is 1.14. The van der Waals surface area contributed by atoms with Crippen molar-refractivity contribution < 1.29 is 5.11 Å². The van der Waals surface area contributed by atoms with Gasteiger partial charge in [0.1, 0.15) is 5.82 Å². The maximum atomic E-state index is 9.10. The molecule has 1 unspecified atom stereocenters. The molecule has 1 atom stereocenters. The molecule has 94 valence electrons. The Balaban J connectivity index is 2.23. The second-order valence-electron chi connectivity index (χ2n) is 4.31. The third-order valence-electron chi connectivity index (χ3n) is 3.15. The average Bonchev–Trinajstić information content (AvgIpc) is 2.31. The van der Waals surface area contributed by atoms with Gasteiger partial charge in [-0.3, -0.25) is 0 Å². The lowest BCUT2D eigenvalue weighted by Crippen LogP contribution is -2.40. The van der Waals surface area contributed by atoms with Crippen LogP contribution in [-0.4, -0.2) is 29.3 Å². The number of aliphatic hydroxyl groups excluding tert-OH is 1. The molecule has 1 fully saturated rings. The van der Waals surface area contributed by atoms with Crippen LogP contribution in [0.3, 0.4) is 0 Å². The predicted octanol–water partition coefficient (Wildman–Crippen LogP) is 3.13. The lowest BCUT2D eigenvalue weighted by molar-refractivity contribution is 0.262. The molecule has 0 radical (unpaired) electrons. The first-order valence-corrected chi connectivity index (χ1v) is 6.66. The SMILES string of the molecule is OCCC1CCCCN1c1ncc(Cl)cc1Cl. The van der Waals surface area contributed by atoms with Crippen molar-refractivity contribution in [3.63, 3.8) is 0 Å². The van der Waals surface area contributed by atoms with E-state index in [1.54, 1.807) is 12.3 Å². The summed E-state index contributed by atoms with van der Waals surface area (Å²) in [5, 5.41) is 10.2. The van der Waals surface area contributed by atoms with Crippen LogP contribution in [0.15, 0.2) is 12.3 Å². The van der Waals surface area contributed by atoms with Gasteiger partial charge < -0.3 is 10.0 Å². The molecule has 2 heterocycles. The van der Waals surface area contributed by atoms with Crippen LogP contribution in [0.5, 0.6) is 0 Å². The number of nitrogens with zero attached hydrogens (tertiary/aromatic N) is 2. The van der Waals surface area contributed by atoms with Gasteiger partial charge in [-0.1, -0.05) is 23.2 Å². The summed E-state index contributed by atoms with van der Waals surface area (Å²) in [5.74, 6) is 0.786. The van der Waals surface area contributed by atoms with Crippen LogP contribution < -0.4 is 4.90 Å². The van der Waals surface area contributed by atoms with E-state index in [0.29, 0.717) is 16.1 Å². The highest BCUT2D eigenvalue weighted by molar-refractivity contribution is 6.36. The Labute approximate surface area is 111 Å². The van der Waals surface area contributed by atoms with Gasteiger partial charge in [0.2, 0.25) is 0 Å². The molecule has 1 saturated heterocycles. The Morgan fingerprint density at radius 1 is 1.41 bits per heavy atom. The molecular weight excluding hydrogens is 259 g/mol. The number of halogens is 2. The van der Waals surface area contributed by atoms with E-state index < -0.39 is 0 Å². The topological polar surface area (TPSA) is 36.4 Å². The van der Waals surface area contributed by atoms with Crippen LogP contribution in [0.2, 0.25) is 10.0 Å². The van der Waals surface area contributed by atoms with Gasteiger partial charge in [0, 0.05) is 25.4 Å².